The monoisotopic (exact) mass is 384 g/mol. The molecule has 2 rings (SSSR count). The van der Waals surface area contributed by atoms with Crippen LogP contribution in [0.25, 0.3) is 0 Å². The predicted octanol–water partition coefficient (Wildman–Crippen LogP) is 1.24. The molecule has 8 heteroatoms. The SMILES string of the molecule is COC(=O)c1ccc(C(N)=O)c(CCc2cc(C(=O)OC)ccc2C(N)=O)c1. The molecule has 0 atom stereocenters. The molecule has 2 aromatic rings. The summed E-state index contributed by atoms with van der Waals surface area (Å²) in [4.78, 5) is 47.0. The van der Waals surface area contributed by atoms with Gasteiger partial charge in [-0.15, -0.1) is 0 Å². The molecule has 0 aromatic heterocycles. The Bertz CT molecular complexity index is 874. The van der Waals surface area contributed by atoms with Crippen molar-refractivity contribution < 1.29 is 28.7 Å². The third kappa shape index (κ3) is 4.53. The highest BCUT2D eigenvalue weighted by atomic mass is 16.5. The largest absolute Gasteiger partial charge is 0.465 e. The summed E-state index contributed by atoms with van der Waals surface area (Å²) in [5.74, 6) is -2.40. The second-order valence-electron chi connectivity index (χ2n) is 5.96. The Labute approximate surface area is 161 Å². The zero-order valence-electron chi connectivity index (χ0n) is 15.5. The number of hydrogen-bond acceptors (Lipinski definition) is 6. The van der Waals surface area contributed by atoms with Crippen molar-refractivity contribution in [3.05, 3.63) is 69.8 Å². The van der Waals surface area contributed by atoms with Crippen molar-refractivity contribution in [3.63, 3.8) is 0 Å². The molecular weight excluding hydrogens is 364 g/mol. The van der Waals surface area contributed by atoms with Crippen LogP contribution in [0.5, 0.6) is 0 Å². The average Bonchev–Trinajstić information content (AvgIpc) is 2.70. The minimum absolute atomic E-state index is 0.248. The topological polar surface area (TPSA) is 139 Å². The van der Waals surface area contributed by atoms with Crippen LogP contribution in [0.2, 0.25) is 0 Å². The number of hydrogen-bond donors (Lipinski definition) is 2. The van der Waals surface area contributed by atoms with Gasteiger partial charge in [0.25, 0.3) is 0 Å². The number of ether oxygens (including phenoxy) is 2. The van der Waals surface area contributed by atoms with Gasteiger partial charge in [-0.1, -0.05) is 0 Å². The average molecular weight is 384 g/mol. The number of esters is 2. The fourth-order valence-electron chi connectivity index (χ4n) is 2.84. The van der Waals surface area contributed by atoms with Crippen LogP contribution in [0.15, 0.2) is 36.4 Å². The van der Waals surface area contributed by atoms with Crippen molar-refractivity contribution >= 4 is 23.8 Å². The highest BCUT2D eigenvalue weighted by Crippen LogP contribution is 2.19. The molecule has 0 heterocycles. The second-order valence-corrected chi connectivity index (χ2v) is 5.96. The van der Waals surface area contributed by atoms with Gasteiger partial charge in [0.05, 0.1) is 25.3 Å². The zero-order valence-corrected chi connectivity index (χ0v) is 15.5. The number of benzene rings is 2. The minimum Gasteiger partial charge on any atom is -0.465 e. The van der Waals surface area contributed by atoms with Gasteiger partial charge in [-0.05, 0) is 60.4 Å². The molecule has 4 N–H and O–H groups in total. The van der Waals surface area contributed by atoms with Crippen LogP contribution in [0.4, 0.5) is 0 Å². The lowest BCUT2D eigenvalue weighted by atomic mass is 9.94. The summed E-state index contributed by atoms with van der Waals surface area (Å²) in [6, 6.07) is 8.82. The van der Waals surface area contributed by atoms with Crippen molar-refractivity contribution in [3.8, 4) is 0 Å². The Kier molecular flexibility index (Phi) is 6.49. The molecule has 0 bridgehead atoms. The number of carbonyl (C=O) groups excluding carboxylic acids is 4. The first-order chi connectivity index (χ1) is 13.3. The molecular formula is C20H20N2O6. The second kappa shape index (κ2) is 8.81. The van der Waals surface area contributed by atoms with E-state index in [2.05, 4.69) is 0 Å². The predicted molar refractivity (Wildman–Crippen MR) is 100 cm³/mol. The Morgan fingerprint density at radius 3 is 1.36 bits per heavy atom. The lowest BCUT2D eigenvalue weighted by Gasteiger charge is -2.12. The van der Waals surface area contributed by atoms with Gasteiger partial charge < -0.3 is 20.9 Å². The van der Waals surface area contributed by atoms with Gasteiger partial charge in [-0.25, -0.2) is 9.59 Å². The van der Waals surface area contributed by atoms with Gasteiger partial charge in [0.1, 0.15) is 0 Å². The lowest BCUT2D eigenvalue weighted by molar-refractivity contribution is 0.0591. The molecule has 0 radical (unpaired) electrons. The van der Waals surface area contributed by atoms with Crippen molar-refractivity contribution in [2.24, 2.45) is 11.5 Å². The van der Waals surface area contributed by atoms with Crippen LogP contribution in [-0.4, -0.2) is 38.0 Å². The molecule has 0 saturated carbocycles. The summed E-state index contributed by atoms with van der Waals surface area (Å²) in [6.45, 7) is 0. The van der Waals surface area contributed by atoms with Gasteiger partial charge >= 0.3 is 11.9 Å². The van der Waals surface area contributed by atoms with E-state index in [4.69, 9.17) is 20.9 Å². The summed E-state index contributed by atoms with van der Waals surface area (Å²) in [7, 11) is 2.50. The van der Waals surface area contributed by atoms with Crippen LogP contribution in [0.1, 0.15) is 52.6 Å². The van der Waals surface area contributed by atoms with Crippen LogP contribution in [0.3, 0.4) is 0 Å². The summed E-state index contributed by atoms with van der Waals surface area (Å²) >= 11 is 0. The normalized spacial score (nSPS) is 10.2. The fraction of sp³-hybridized carbons (Fsp3) is 0.200. The molecule has 0 aliphatic carbocycles. The molecule has 0 saturated heterocycles. The molecule has 28 heavy (non-hydrogen) atoms. The Morgan fingerprint density at radius 1 is 0.714 bits per heavy atom. The molecule has 2 aromatic carbocycles. The quantitative estimate of drug-likeness (QED) is 0.689. The number of aryl methyl sites for hydroxylation is 2. The van der Waals surface area contributed by atoms with Crippen molar-refractivity contribution in [1.29, 1.82) is 0 Å². The first-order valence-corrected chi connectivity index (χ1v) is 8.30. The third-order valence-corrected chi connectivity index (χ3v) is 4.25. The molecule has 0 aliphatic heterocycles. The maximum Gasteiger partial charge on any atom is 0.337 e. The number of amides is 2. The van der Waals surface area contributed by atoms with Crippen molar-refractivity contribution in [1.82, 2.24) is 0 Å². The molecule has 0 aliphatic rings. The molecule has 8 nitrogen and oxygen atoms in total. The lowest BCUT2D eigenvalue weighted by Crippen LogP contribution is -2.17. The number of primary amides is 2. The number of nitrogens with two attached hydrogens (primary N) is 2. The zero-order chi connectivity index (χ0) is 20.8. The first kappa shape index (κ1) is 20.6. The van der Waals surface area contributed by atoms with E-state index in [1.165, 1.54) is 50.6 Å². The molecule has 146 valence electrons. The van der Waals surface area contributed by atoms with E-state index < -0.39 is 23.8 Å². The van der Waals surface area contributed by atoms with Crippen LogP contribution in [0, 0.1) is 0 Å². The van der Waals surface area contributed by atoms with Crippen molar-refractivity contribution in [2.45, 2.75) is 12.8 Å². The van der Waals surface area contributed by atoms with E-state index in [9.17, 15) is 19.2 Å². The standard InChI is InChI=1S/C20H20N2O6/c1-27-19(25)13-5-7-15(17(21)23)11(9-13)3-4-12-10-14(20(26)28-2)6-8-16(12)18(22)24/h5-10H,3-4H2,1-2H3,(H2,21,23)(H2,22,24). The molecule has 0 fully saturated rings. The van der Waals surface area contributed by atoms with Crippen molar-refractivity contribution in [2.75, 3.05) is 14.2 Å². The highest BCUT2D eigenvalue weighted by molar-refractivity contribution is 5.98. The van der Waals surface area contributed by atoms with Crippen LogP contribution >= 0.6 is 0 Å². The smallest absolute Gasteiger partial charge is 0.337 e. The van der Waals surface area contributed by atoms with Gasteiger partial charge in [0, 0.05) is 11.1 Å². The van der Waals surface area contributed by atoms with Gasteiger partial charge in [0.2, 0.25) is 11.8 Å². The Hall–Kier alpha value is -3.68. The summed E-state index contributed by atoms with van der Waals surface area (Å²) < 4.78 is 9.38. The Balaban J connectivity index is 2.41. The van der Waals surface area contributed by atoms with Gasteiger partial charge in [-0.3, -0.25) is 9.59 Å². The fourth-order valence-corrected chi connectivity index (χ4v) is 2.84. The Morgan fingerprint density at radius 2 is 1.07 bits per heavy atom. The van der Waals surface area contributed by atoms with Gasteiger partial charge in [-0.2, -0.15) is 0 Å². The summed E-state index contributed by atoms with van der Waals surface area (Å²) in [5.41, 5.74) is 12.9. The van der Waals surface area contributed by atoms with Crippen LogP contribution < -0.4 is 11.5 Å². The van der Waals surface area contributed by atoms with Crippen LogP contribution in [-0.2, 0) is 22.3 Å². The van der Waals surface area contributed by atoms with E-state index >= 15 is 0 Å². The number of methoxy groups -OCH3 is 2. The van der Waals surface area contributed by atoms with E-state index in [1.54, 1.807) is 0 Å². The van der Waals surface area contributed by atoms with E-state index in [0.29, 0.717) is 11.1 Å². The maximum atomic E-state index is 11.8. The van der Waals surface area contributed by atoms with E-state index in [1.807, 2.05) is 0 Å². The number of rotatable bonds is 7. The summed E-state index contributed by atoms with van der Waals surface area (Å²) in [6.07, 6.45) is 0.544. The first-order valence-electron chi connectivity index (χ1n) is 8.30. The molecule has 0 spiro atoms. The molecule has 0 unspecified atom stereocenters. The number of carbonyl (C=O) groups is 4. The minimum atomic E-state index is -0.648. The maximum absolute atomic E-state index is 11.8. The summed E-state index contributed by atoms with van der Waals surface area (Å²) in [5, 5.41) is 0. The van der Waals surface area contributed by atoms with Gasteiger partial charge in [0.15, 0.2) is 0 Å². The third-order valence-electron chi connectivity index (χ3n) is 4.25. The highest BCUT2D eigenvalue weighted by Gasteiger charge is 2.16. The molecule has 2 amide bonds. The van der Waals surface area contributed by atoms with E-state index in [-0.39, 0.29) is 35.1 Å². The van der Waals surface area contributed by atoms with E-state index in [0.717, 1.165) is 0 Å².